The topological polar surface area (TPSA) is 95.5 Å². The van der Waals surface area contributed by atoms with Crippen molar-refractivity contribution in [2.24, 2.45) is 0 Å². The molecule has 2 aliphatic rings. The molecule has 1 amide bonds. The molecule has 1 saturated heterocycles. The van der Waals surface area contributed by atoms with E-state index in [0.717, 1.165) is 4.90 Å². The van der Waals surface area contributed by atoms with E-state index in [0.29, 0.717) is 31.2 Å². The first-order valence-corrected chi connectivity index (χ1v) is 12.0. The van der Waals surface area contributed by atoms with Crippen LogP contribution in [0.2, 0.25) is 0 Å². The first kappa shape index (κ1) is 23.5. The van der Waals surface area contributed by atoms with Crippen LogP contribution in [0.1, 0.15) is 51.4 Å². The SMILES string of the molecule is Cl.O=C(CC1(S(=O)(=O)c2ccc(SC3CCCCC3)cc2)CCNCC1)NO. The van der Waals surface area contributed by atoms with Crippen molar-refractivity contribution < 1.29 is 18.4 Å². The first-order valence-electron chi connectivity index (χ1n) is 9.62. The summed E-state index contributed by atoms with van der Waals surface area (Å²) in [6.45, 7) is 1.07. The van der Waals surface area contributed by atoms with Crippen LogP contribution in [-0.2, 0) is 14.6 Å². The van der Waals surface area contributed by atoms with Crippen molar-refractivity contribution in [3.8, 4) is 0 Å². The van der Waals surface area contributed by atoms with E-state index in [4.69, 9.17) is 5.21 Å². The highest BCUT2D eigenvalue weighted by Gasteiger charge is 2.46. The zero-order chi connectivity index (χ0) is 19.3. The van der Waals surface area contributed by atoms with Crippen LogP contribution in [0.4, 0.5) is 0 Å². The van der Waals surface area contributed by atoms with Gasteiger partial charge in [-0.05, 0) is 63.0 Å². The van der Waals surface area contributed by atoms with Gasteiger partial charge in [0.15, 0.2) is 9.84 Å². The Morgan fingerprint density at radius 1 is 1.14 bits per heavy atom. The second kappa shape index (κ2) is 10.3. The predicted molar refractivity (Wildman–Crippen MR) is 113 cm³/mol. The van der Waals surface area contributed by atoms with Crippen molar-refractivity contribution in [3.05, 3.63) is 24.3 Å². The van der Waals surface area contributed by atoms with Crippen LogP contribution in [-0.4, -0.2) is 42.6 Å². The fraction of sp³-hybridized carbons (Fsp3) is 0.632. The molecule has 1 aromatic rings. The maximum absolute atomic E-state index is 13.4. The number of piperidine rings is 1. The molecule has 1 aliphatic carbocycles. The second-order valence-corrected chi connectivity index (χ2v) is 11.2. The van der Waals surface area contributed by atoms with Crippen molar-refractivity contribution in [1.29, 1.82) is 0 Å². The average molecular weight is 449 g/mol. The van der Waals surface area contributed by atoms with E-state index in [1.165, 1.54) is 32.1 Å². The Morgan fingerprint density at radius 2 is 1.75 bits per heavy atom. The summed E-state index contributed by atoms with van der Waals surface area (Å²) in [4.78, 5) is 13.1. The Hall–Kier alpha value is -0.800. The summed E-state index contributed by atoms with van der Waals surface area (Å²) in [7, 11) is -3.70. The third kappa shape index (κ3) is 5.21. The highest BCUT2D eigenvalue weighted by atomic mass is 35.5. The molecule has 1 heterocycles. The smallest absolute Gasteiger partial charge is 0.244 e. The van der Waals surface area contributed by atoms with Crippen LogP contribution in [0.3, 0.4) is 0 Å². The summed E-state index contributed by atoms with van der Waals surface area (Å²) in [6, 6.07) is 7.10. The van der Waals surface area contributed by atoms with Crippen molar-refractivity contribution in [1.82, 2.24) is 10.8 Å². The number of thioether (sulfide) groups is 1. The Labute approximate surface area is 177 Å². The van der Waals surface area contributed by atoms with Gasteiger partial charge in [0.1, 0.15) is 0 Å². The zero-order valence-electron chi connectivity index (χ0n) is 15.9. The maximum Gasteiger partial charge on any atom is 0.244 e. The predicted octanol–water partition coefficient (Wildman–Crippen LogP) is 3.32. The van der Waals surface area contributed by atoms with Gasteiger partial charge in [-0.25, -0.2) is 13.9 Å². The minimum absolute atomic E-state index is 0. The molecule has 2 fully saturated rings. The van der Waals surface area contributed by atoms with E-state index >= 15 is 0 Å². The number of rotatable bonds is 6. The quantitative estimate of drug-likeness (QED) is 0.456. The highest BCUT2D eigenvalue weighted by Crippen LogP contribution is 2.38. The maximum atomic E-state index is 13.4. The van der Waals surface area contributed by atoms with Gasteiger partial charge in [-0.1, -0.05) is 19.3 Å². The van der Waals surface area contributed by atoms with Crippen LogP contribution in [0.15, 0.2) is 34.1 Å². The summed E-state index contributed by atoms with van der Waals surface area (Å²) in [5.41, 5.74) is 1.59. The van der Waals surface area contributed by atoms with Gasteiger partial charge in [0, 0.05) is 16.6 Å². The minimum Gasteiger partial charge on any atom is -0.317 e. The van der Waals surface area contributed by atoms with Crippen LogP contribution in [0, 0.1) is 0 Å². The molecule has 28 heavy (non-hydrogen) atoms. The highest BCUT2D eigenvalue weighted by molar-refractivity contribution is 8.00. The number of hydroxylamine groups is 1. The second-order valence-electron chi connectivity index (χ2n) is 7.50. The largest absolute Gasteiger partial charge is 0.317 e. The van der Waals surface area contributed by atoms with Gasteiger partial charge in [-0.15, -0.1) is 24.2 Å². The summed E-state index contributed by atoms with van der Waals surface area (Å²) in [5, 5.41) is 12.7. The lowest BCUT2D eigenvalue weighted by molar-refractivity contribution is -0.130. The number of carbonyl (C=O) groups excluding carboxylic acids is 1. The monoisotopic (exact) mass is 448 g/mol. The summed E-state index contributed by atoms with van der Waals surface area (Å²) in [5.74, 6) is -0.662. The molecule has 0 unspecified atom stereocenters. The molecule has 0 aromatic heterocycles. The number of halogens is 1. The number of carbonyl (C=O) groups is 1. The Balaban J connectivity index is 0.00000280. The molecule has 3 N–H and O–H groups in total. The van der Waals surface area contributed by atoms with Crippen molar-refractivity contribution in [3.63, 3.8) is 0 Å². The van der Waals surface area contributed by atoms with Gasteiger partial charge in [0.05, 0.1) is 9.64 Å². The number of hydrogen-bond donors (Lipinski definition) is 3. The number of benzene rings is 1. The van der Waals surface area contributed by atoms with Gasteiger partial charge in [0.25, 0.3) is 0 Å². The molecule has 0 atom stereocenters. The zero-order valence-corrected chi connectivity index (χ0v) is 18.3. The fourth-order valence-electron chi connectivity index (χ4n) is 4.08. The van der Waals surface area contributed by atoms with E-state index in [9.17, 15) is 13.2 Å². The van der Waals surface area contributed by atoms with E-state index < -0.39 is 20.5 Å². The molecule has 1 saturated carbocycles. The Morgan fingerprint density at radius 3 is 2.32 bits per heavy atom. The molecule has 9 heteroatoms. The lowest BCUT2D eigenvalue weighted by Gasteiger charge is -2.36. The van der Waals surface area contributed by atoms with Gasteiger partial charge in [-0.2, -0.15) is 0 Å². The van der Waals surface area contributed by atoms with E-state index in [2.05, 4.69) is 5.32 Å². The van der Waals surface area contributed by atoms with E-state index in [-0.39, 0.29) is 23.7 Å². The molecule has 1 aliphatic heterocycles. The van der Waals surface area contributed by atoms with Crippen molar-refractivity contribution in [2.45, 2.75) is 71.2 Å². The van der Waals surface area contributed by atoms with Crippen LogP contribution < -0.4 is 10.8 Å². The van der Waals surface area contributed by atoms with Gasteiger partial charge < -0.3 is 5.32 Å². The normalized spacial score (nSPS) is 20.2. The number of amides is 1. The molecule has 3 rings (SSSR count). The molecular formula is C19H29ClN2O4S2. The molecule has 158 valence electrons. The van der Waals surface area contributed by atoms with Gasteiger partial charge in [0.2, 0.25) is 5.91 Å². The van der Waals surface area contributed by atoms with Gasteiger partial charge in [-0.3, -0.25) is 10.0 Å². The van der Waals surface area contributed by atoms with Gasteiger partial charge >= 0.3 is 0 Å². The molecular weight excluding hydrogens is 420 g/mol. The summed E-state index contributed by atoms with van der Waals surface area (Å²) >= 11 is 1.83. The van der Waals surface area contributed by atoms with E-state index in [1.54, 1.807) is 17.6 Å². The minimum atomic E-state index is -3.70. The standard InChI is InChI=1S/C19H28N2O4S2.ClH/c22-18(21-23)14-19(10-12-20-13-11-19)27(24,25)17-8-6-16(7-9-17)26-15-4-2-1-3-5-15;/h6-9,15,20,23H,1-5,10-14H2,(H,21,22);1H. The van der Waals surface area contributed by atoms with Crippen LogP contribution >= 0.6 is 24.2 Å². The molecule has 0 radical (unpaired) electrons. The first-order chi connectivity index (χ1) is 13.0. The van der Waals surface area contributed by atoms with Crippen LogP contribution in [0.5, 0.6) is 0 Å². The molecule has 0 bridgehead atoms. The summed E-state index contributed by atoms with van der Waals surface area (Å²) in [6.07, 6.45) is 6.76. The fourth-order valence-corrected chi connectivity index (χ4v) is 7.38. The molecule has 0 spiro atoms. The third-order valence-electron chi connectivity index (χ3n) is 5.68. The number of hydrogen-bond acceptors (Lipinski definition) is 6. The lowest BCUT2D eigenvalue weighted by Crippen LogP contribution is -2.50. The van der Waals surface area contributed by atoms with Crippen molar-refractivity contribution in [2.75, 3.05) is 13.1 Å². The Bertz CT molecular complexity index is 744. The molecule has 6 nitrogen and oxygen atoms in total. The van der Waals surface area contributed by atoms with E-state index in [1.807, 2.05) is 23.9 Å². The Kier molecular flexibility index (Phi) is 8.63. The molecule has 1 aromatic carbocycles. The average Bonchev–Trinajstić information content (AvgIpc) is 2.69. The lowest BCUT2D eigenvalue weighted by atomic mass is 9.93. The third-order valence-corrected chi connectivity index (χ3v) is 9.62. The number of sulfone groups is 1. The van der Waals surface area contributed by atoms with Crippen LogP contribution in [0.25, 0.3) is 0 Å². The number of nitrogens with one attached hydrogen (secondary N) is 2. The van der Waals surface area contributed by atoms with Crippen molar-refractivity contribution >= 4 is 39.9 Å². The summed E-state index contributed by atoms with van der Waals surface area (Å²) < 4.78 is 25.6.